The summed E-state index contributed by atoms with van der Waals surface area (Å²) in [6, 6.07) is 6.09. The molecule has 1 saturated carbocycles. The average molecular weight is 345 g/mol. The van der Waals surface area contributed by atoms with E-state index in [1.54, 1.807) is 13.3 Å². The number of thiazole rings is 1. The van der Waals surface area contributed by atoms with Crippen LogP contribution in [-0.2, 0) is 4.74 Å². The largest absolute Gasteiger partial charge is 0.375 e. The Morgan fingerprint density at radius 2 is 2.12 bits per heavy atom. The molecule has 2 aromatic rings. The maximum Gasteiger partial charge on any atom is 0.266 e. The van der Waals surface area contributed by atoms with Crippen LogP contribution in [0.3, 0.4) is 0 Å². The Morgan fingerprint density at radius 3 is 2.71 bits per heavy atom. The van der Waals surface area contributed by atoms with Crippen LogP contribution >= 0.6 is 11.3 Å². The maximum atomic E-state index is 13.2. The highest BCUT2D eigenvalue weighted by Crippen LogP contribution is 2.37. The molecule has 3 rings (SSSR count). The molecule has 0 N–H and O–H groups in total. The lowest BCUT2D eigenvalue weighted by Crippen LogP contribution is -2.35. The van der Waals surface area contributed by atoms with Gasteiger partial charge in [0.2, 0.25) is 0 Å². The van der Waals surface area contributed by atoms with Gasteiger partial charge in [-0.3, -0.25) is 9.78 Å². The maximum absolute atomic E-state index is 13.2. The lowest BCUT2D eigenvalue weighted by atomic mass is 10.1. The predicted molar refractivity (Wildman–Crippen MR) is 94.1 cm³/mol. The number of ether oxygens (including phenoxy) is 1. The number of aryl methyl sites for hydroxylation is 1. The Labute approximate surface area is 146 Å². The van der Waals surface area contributed by atoms with Gasteiger partial charge in [0.05, 0.1) is 17.4 Å². The van der Waals surface area contributed by atoms with Crippen LogP contribution in [0.15, 0.2) is 24.4 Å². The van der Waals surface area contributed by atoms with Crippen LogP contribution in [0, 0.1) is 6.92 Å². The summed E-state index contributed by atoms with van der Waals surface area (Å²) in [5.74, 6) is 0.0557. The first-order chi connectivity index (χ1) is 11.5. The van der Waals surface area contributed by atoms with Gasteiger partial charge in [-0.2, -0.15) is 0 Å². The number of nitrogens with zero attached hydrogens (tertiary/aromatic N) is 3. The van der Waals surface area contributed by atoms with Gasteiger partial charge in [0.1, 0.15) is 16.0 Å². The molecule has 6 heteroatoms. The Kier molecular flexibility index (Phi) is 4.96. The second-order valence-corrected chi connectivity index (χ2v) is 7.25. The second-order valence-electron chi connectivity index (χ2n) is 6.22. The topological polar surface area (TPSA) is 55.3 Å². The zero-order valence-corrected chi connectivity index (χ0v) is 15.3. The third kappa shape index (κ3) is 3.35. The van der Waals surface area contributed by atoms with Crippen molar-refractivity contribution in [2.45, 2.75) is 51.8 Å². The van der Waals surface area contributed by atoms with Crippen molar-refractivity contribution in [1.29, 1.82) is 0 Å². The monoisotopic (exact) mass is 345 g/mol. The molecule has 0 aliphatic heterocycles. The van der Waals surface area contributed by atoms with E-state index in [9.17, 15) is 4.79 Å². The molecule has 1 aliphatic rings. The average Bonchev–Trinajstić information content (AvgIpc) is 3.35. The first kappa shape index (κ1) is 17.0. The number of rotatable bonds is 6. The highest BCUT2D eigenvalue weighted by molar-refractivity contribution is 7.13. The molecule has 0 bridgehead atoms. The predicted octanol–water partition coefficient (Wildman–Crippen LogP) is 3.92. The highest BCUT2D eigenvalue weighted by atomic mass is 32.1. The molecule has 2 heterocycles. The van der Waals surface area contributed by atoms with Gasteiger partial charge in [-0.05, 0) is 45.7 Å². The lowest BCUT2D eigenvalue weighted by molar-refractivity contribution is 0.0674. The molecule has 0 unspecified atom stereocenters. The summed E-state index contributed by atoms with van der Waals surface area (Å²) in [6.45, 7) is 5.89. The summed E-state index contributed by atoms with van der Waals surface area (Å²) in [4.78, 5) is 24.9. The van der Waals surface area contributed by atoms with E-state index in [0.29, 0.717) is 10.9 Å². The van der Waals surface area contributed by atoms with Crippen LogP contribution in [0.1, 0.15) is 64.9 Å². The van der Waals surface area contributed by atoms with E-state index in [-0.39, 0.29) is 18.1 Å². The van der Waals surface area contributed by atoms with Crippen molar-refractivity contribution in [3.63, 3.8) is 0 Å². The molecule has 1 aliphatic carbocycles. The fraction of sp³-hybridized carbons (Fsp3) is 0.500. The van der Waals surface area contributed by atoms with E-state index in [2.05, 4.69) is 9.97 Å². The molecular weight excluding hydrogens is 322 g/mol. The molecule has 0 spiro atoms. The van der Waals surface area contributed by atoms with Crippen molar-refractivity contribution >= 4 is 17.2 Å². The van der Waals surface area contributed by atoms with Gasteiger partial charge in [0, 0.05) is 19.3 Å². The smallest absolute Gasteiger partial charge is 0.266 e. The van der Waals surface area contributed by atoms with Crippen LogP contribution in [0.25, 0.3) is 0 Å². The second kappa shape index (κ2) is 6.99. The summed E-state index contributed by atoms with van der Waals surface area (Å²) >= 11 is 1.44. The molecule has 128 valence electrons. The Bertz CT molecular complexity index is 712. The fourth-order valence-electron chi connectivity index (χ4n) is 2.78. The van der Waals surface area contributed by atoms with Crippen LogP contribution in [0.4, 0.5) is 0 Å². The summed E-state index contributed by atoms with van der Waals surface area (Å²) < 4.78 is 5.33. The number of amides is 1. The van der Waals surface area contributed by atoms with Crippen molar-refractivity contribution in [3.05, 3.63) is 45.7 Å². The number of hydrogen-bond donors (Lipinski definition) is 0. The first-order valence-corrected chi connectivity index (χ1v) is 9.08. The van der Waals surface area contributed by atoms with Crippen LogP contribution < -0.4 is 0 Å². The number of aromatic nitrogens is 2. The summed E-state index contributed by atoms with van der Waals surface area (Å²) in [5, 5.41) is 0.847. The molecule has 1 fully saturated rings. The fourth-order valence-corrected chi connectivity index (χ4v) is 3.82. The van der Waals surface area contributed by atoms with Gasteiger partial charge in [-0.15, -0.1) is 11.3 Å². The van der Waals surface area contributed by atoms with E-state index in [1.165, 1.54) is 11.3 Å². The summed E-state index contributed by atoms with van der Waals surface area (Å²) in [5.41, 5.74) is 1.70. The third-order valence-corrected chi connectivity index (χ3v) is 5.72. The first-order valence-electron chi connectivity index (χ1n) is 8.26. The molecule has 0 radical (unpaired) electrons. The molecule has 2 atom stereocenters. The van der Waals surface area contributed by atoms with Crippen molar-refractivity contribution in [2.24, 2.45) is 0 Å². The minimum Gasteiger partial charge on any atom is -0.375 e. The number of hydrogen-bond acceptors (Lipinski definition) is 5. The number of methoxy groups -OCH3 is 1. The van der Waals surface area contributed by atoms with E-state index in [4.69, 9.17) is 4.74 Å². The van der Waals surface area contributed by atoms with Crippen molar-refractivity contribution in [3.8, 4) is 0 Å². The Morgan fingerprint density at radius 1 is 1.38 bits per heavy atom. The standard InChI is InChI=1S/C18H23N3O2S/c1-11-16(24-17(20-11)13(3)23-4)18(22)21(14-8-9-14)12(2)15-7-5-6-10-19-15/h5-7,10,12-14H,8-9H2,1-4H3/t12-,13-/m0/s1. The van der Waals surface area contributed by atoms with Gasteiger partial charge in [-0.1, -0.05) is 6.07 Å². The lowest BCUT2D eigenvalue weighted by Gasteiger charge is -2.28. The zero-order valence-electron chi connectivity index (χ0n) is 14.5. The van der Waals surface area contributed by atoms with Gasteiger partial charge in [-0.25, -0.2) is 4.98 Å². The van der Waals surface area contributed by atoms with E-state index < -0.39 is 0 Å². The van der Waals surface area contributed by atoms with Gasteiger partial charge < -0.3 is 9.64 Å². The van der Waals surface area contributed by atoms with E-state index >= 15 is 0 Å². The normalized spacial score (nSPS) is 16.7. The third-order valence-electron chi connectivity index (χ3n) is 4.42. The van der Waals surface area contributed by atoms with Gasteiger partial charge >= 0.3 is 0 Å². The number of carbonyl (C=O) groups is 1. The zero-order chi connectivity index (χ0) is 17.3. The van der Waals surface area contributed by atoms with Crippen molar-refractivity contribution in [1.82, 2.24) is 14.9 Å². The van der Waals surface area contributed by atoms with E-state index in [1.807, 2.05) is 43.9 Å². The van der Waals surface area contributed by atoms with Crippen LogP contribution in [0.5, 0.6) is 0 Å². The molecule has 24 heavy (non-hydrogen) atoms. The number of carbonyl (C=O) groups excluding carboxylic acids is 1. The van der Waals surface area contributed by atoms with Gasteiger partial charge in [0.25, 0.3) is 5.91 Å². The number of pyridine rings is 1. The Hall–Kier alpha value is -1.79. The molecule has 2 aromatic heterocycles. The minimum atomic E-state index is -0.0992. The highest BCUT2D eigenvalue weighted by Gasteiger charge is 2.38. The molecular formula is C18H23N3O2S. The van der Waals surface area contributed by atoms with Crippen LogP contribution in [-0.4, -0.2) is 33.9 Å². The molecule has 5 nitrogen and oxygen atoms in total. The quantitative estimate of drug-likeness (QED) is 0.796. The van der Waals surface area contributed by atoms with E-state index in [0.717, 1.165) is 29.2 Å². The minimum absolute atomic E-state index is 0.0454. The van der Waals surface area contributed by atoms with Crippen molar-refractivity contribution in [2.75, 3.05) is 7.11 Å². The summed E-state index contributed by atoms with van der Waals surface area (Å²) in [7, 11) is 1.66. The molecule has 0 aromatic carbocycles. The molecule has 1 amide bonds. The summed E-state index contributed by atoms with van der Waals surface area (Å²) in [6.07, 6.45) is 3.79. The molecule has 0 saturated heterocycles. The Balaban J connectivity index is 1.89. The van der Waals surface area contributed by atoms with Crippen LogP contribution in [0.2, 0.25) is 0 Å². The van der Waals surface area contributed by atoms with Crippen molar-refractivity contribution < 1.29 is 9.53 Å². The SMILES string of the molecule is CO[C@@H](C)c1nc(C)c(C(=O)N(C2CC2)[C@@H](C)c2ccccn2)s1. The van der Waals surface area contributed by atoms with Gasteiger partial charge in [0.15, 0.2) is 0 Å².